The van der Waals surface area contributed by atoms with Gasteiger partial charge >= 0.3 is 0 Å². The molecule has 1 amide bonds. The van der Waals surface area contributed by atoms with Crippen LogP contribution in [0.1, 0.15) is 36.9 Å². The van der Waals surface area contributed by atoms with Crippen molar-refractivity contribution in [1.82, 2.24) is 9.55 Å². The molecule has 6 nitrogen and oxygen atoms in total. The number of aromatic nitrogens is 2. The number of benzene rings is 2. The second-order valence-electron chi connectivity index (χ2n) is 7.26. The van der Waals surface area contributed by atoms with Crippen molar-refractivity contribution in [2.45, 2.75) is 25.5 Å². The van der Waals surface area contributed by atoms with E-state index in [2.05, 4.69) is 16.8 Å². The SMILES string of the molecule is C[C@H](O)c1nccn1[C@@H](C#Cc1ccc(-c2ccc(N3CCC3=O)cc2)cc1)CO. The fourth-order valence-corrected chi connectivity index (χ4v) is 3.45. The second kappa shape index (κ2) is 8.54. The number of nitrogens with zero attached hydrogens (tertiary/aromatic N) is 3. The zero-order valence-electron chi connectivity index (χ0n) is 16.7. The number of β-lactam (4-membered cyclic amide) rings is 1. The van der Waals surface area contributed by atoms with Crippen LogP contribution >= 0.6 is 0 Å². The molecule has 0 unspecified atom stereocenters. The van der Waals surface area contributed by atoms with E-state index in [1.54, 1.807) is 28.8 Å². The largest absolute Gasteiger partial charge is 0.393 e. The van der Waals surface area contributed by atoms with Crippen LogP contribution < -0.4 is 4.90 Å². The van der Waals surface area contributed by atoms with E-state index in [9.17, 15) is 15.0 Å². The third kappa shape index (κ3) is 3.99. The lowest BCUT2D eigenvalue weighted by atomic mass is 10.0. The minimum Gasteiger partial charge on any atom is -0.393 e. The van der Waals surface area contributed by atoms with Gasteiger partial charge in [-0.2, -0.15) is 0 Å². The van der Waals surface area contributed by atoms with Gasteiger partial charge in [0.25, 0.3) is 0 Å². The van der Waals surface area contributed by atoms with Crippen molar-refractivity contribution in [1.29, 1.82) is 0 Å². The van der Waals surface area contributed by atoms with Gasteiger partial charge in [0.2, 0.25) is 5.91 Å². The molecule has 1 saturated heterocycles. The van der Waals surface area contributed by atoms with Crippen LogP contribution in [0.25, 0.3) is 11.1 Å². The first-order valence-corrected chi connectivity index (χ1v) is 9.91. The molecule has 1 aromatic heterocycles. The Morgan fingerprint density at radius 2 is 1.77 bits per heavy atom. The fraction of sp³-hybridized carbons (Fsp3) is 0.250. The van der Waals surface area contributed by atoms with Gasteiger partial charge in [-0.1, -0.05) is 36.1 Å². The zero-order chi connectivity index (χ0) is 21.1. The summed E-state index contributed by atoms with van der Waals surface area (Å²) in [6.07, 6.45) is 3.19. The Morgan fingerprint density at radius 1 is 1.10 bits per heavy atom. The molecule has 0 bridgehead atoms. The predicted octanol–water partition coefficient (Wildman–Crippen LogP) is 2.93. The number of anilines is 1. The molecule has 0 saturated carbocycles. The van der Waals surface area contributed by atoms with Gasteiger partial charge in [0.1, 0.15) is 18.0 Å². The maximum absolute atomic E-state index is 11.6. The summed E-state index contributed by atoms with van der Waals surface area (Å²) in [6.45, 7) is 2.25. The van der Waals surface area contributed by atoms with Gasteiger partial charge in [-0.05, 0) is 42.3 Å². The molecule has 2 aromatic carbocycles. The summed E-state index contributed by atoms with van der Waals surface area (Å²) in [5.41, 5.74) is 3.90. The average Bonchev–Trinajstić information content (AvgIpc) is 3.24. The van der Waals surface area contributed by atoms with Crippen molar-refractivity contribution in [3.63, 3.8) is 0 Å². The van der Waals surface area contributed by atoms with Crippen LogP contribution in [0.4, 0.5) is 5.69 Å². The number of carbonyl (C=O) groups is 1. The maximum atomic E-state index is 11.6. The molecule has 0 aliphatic carbocycles. The standard InChI is InChI=1S/C24H23N3O3/c1-17(29)24-25-13-15-27(24)22(16-28)9-4-18-2-5-19(6-3-18)20-7-10-21(11-8-20)26-14-12-23(26)30/h2-3,5-8,10-11,13,15,17,22,28-29H,12,14,16H2,1H3/t17-,22-/m0/s1. The van der Waals surface area contributed by atoms with Crippen molar-refractivity contribution in [2.24, 2.45) is 0 Å². The third-order valence-electron chi connectivity index (χ3n) is 5.21. The highest BCUT2D eigenvalue weighted by atomic mass is 16.3. The molecule has 3 aromatic rings. The molecule has 152 valence electrons. The quantitative estimate of drug-likeness (QED) is 0.509. The first kappa shape index (κ1) is 19.9. The van der Waals surface area contributed by atoms with E-state index in [1.165, 1.54) is 0 Å². The Balaban J connectivity index is 1.49. The average molecular weight is 401 g/mol. The normalized spacial score (nSPS) is 15.2. The molecule has 2 heterocycles. The molecule has 6 heteroatoms. The number of aliphatic hydroxyl groups excluding tert-OH is 2. The molecule has 0 radical (unpaired) electrons. The second-order valence-corrected chi connectivity index (χ2v) is 7.26. The van der Waals surface area contributed by atoms with Crippen LogP contribution in [0.15, 0.2) is 60.9 Å². The number of amides is 1. The van der Waals surface area contributed by atoms with Gasteiger partial charge in [0, 0.05) is 36.6 Å². The third-order valence-corrected chi connectivity index (χ3v) is 5.21. The van der Waals surface area contributed by atoms with Crippen LogP contribution in [0.3, 0.4) is 0 Å². The number of hydrogen-bond donors (Lipinski definition) is 2. The Bertz CT molecular complexity index is 1090. The van der Waals surface area contributed by atoms with E-state index >= 15 is 0 Å². The lowest BCUT2D eigenvalue weighted by Crippen LogP contribution is -2.43. The van der Waals surface area contributed by atoms with Crippen LogP contribution in [-0.2, 0) is 4.79 Å². The number of rotatable bonds is 5. The lowest BCUT2D eigenvalue weighted by Gasteiger charge is -2.30. The topological polar surface area (TPSA) is 78.6 Å². The molecule has 0 spiro atoms. The highest BCUT2D eigenvalue weighted by Crippen LogP contribution is 2.26. The summed E-state index contributed by atoms with van der Waals surface area (Å²) in [5, 5.41) is 19.5. The number of carbonyl (C=O) groups excluding carboxylic acids is 1. The molecule has 1 aliphatic heterocycles. The molecule has 4 rings (SSSR count). The lowest BCUT2D eigenvalue weighted by molar-refractivity contribution is -0.122. The molecule has 2 atom stereocenters. The van der Waals surface area contributed by atoms with Gasteiger partial charge in [-0.3, -0.25) is 4.79 Å². The van der Waals surface area contributed by atoms with Crippen LogP contribution in [0, 0.1) is 11.8 Å². The van der Waals surface area contributed by atoms with Crippen LogP contribution in [0.2, 0.25) is 0 Å². The van der Waals surface area contributed by atoms with E-state index in [4.69, 9.17) is 0 Å². The van der Waals surface area contributed by atoms with Gasteiger partial charge in [0.05, 0.1) is 6.61 Å². The molecule has 2 N–H and O–H groups in total. The summed E-state index contributed by atoms with van der Waals surface area (Å²) in [7, 11) is 0. The maximum Gasteiger partial charge on any atom is 0.228 e. The van der Waals surface area contributed by atoms with E-state index in [-0.39, 0.29) is 12.5 Å². The van der Waals surface area contributed by atoms with Crippen molar-refractivity contribution >= 4 is 11.6 Å². The van der Waals surface area contributed by atoms with Crippen LogP contribution in [-0.4, -0.2) is 38.8 Å². The predicted molar refractivity (Wildman–Crippen MR) is 115 cm³/mol. The Kier molecular flexibility index (Phi) is 5.66. The molecular weight excluding hydrogens is 378 g/mol. The Labute approximate surface area is 175 Å². The van der Waals surface area contributed by atoms with E-state index in [0.29, 0.717) is 12.2 Å². The van der Waals surface area contributed by atoms with E-state index in [1.807, 2.05) is 48.5 Å². The zero-order valence-corrected chi connectivity index (χ0v) is 16.7. The minimum atomic E-state index is -0.735. The Morgan fingerprint density at radius 3 is 2.30 bits per heavy atom. The molecular formula is C24H23N3O3. The van der Waals surface area contributed by atoms with Crippen molar-refractivity contribution in [3.05, 3.63) is 72.3 Å². The van der Waals surface area contributed by atoms with E-state index in [0.717, 1.165) is 28.9 Å². The minimum absolute atomic E-state index is 0.170. The number of hydrogen-bond acceptors (Lipinski definition) is 4. The Hall–Kier alpha value is -3.40. The van der Waals surface area contributed by atoms with Gasteiger partial charge in [0.15, 0.2) is 0 Å². The first-order valence-electron chi connectivity index (χ1n) is 9.91. The summed E-state index contributed by atoms with van der Waals surface area (Å²) < 4.78 is 1.69. The smallest absolute Gasteiger partial charge is 0.228 e. The van der Waals surface area contributed by atoms with Crippen molar-refractivity contribution in [2.75, 3.05) is 18.1 Å². The van der Waals surface area contributed by atoms with Crippen LogP contribution in [0.5, 0.6) is 0 Å². The summed E-state index contributed by atoms with van der Waals surface area (Å²) in [4.78, 5) is 17.5. The highest BCUT2D eigenvalue weighted by Gasteiger charge is 2.24. The first-order chi connectivity index (χ1) is 14.6. The molecule has 1 aliphatic rings. The van der Waals surface area contributed by atoms with Crippen molar-refractivity contribution in [3.8, 4) is 23.0 Å². The van der Waals surface area contributed by atoms with E-state index < -0.39 is 12.1 Å². The molecule has 30 heavy (non-hydrogen) atoms. The monoisotopic (exact) mass is 401 g/mol. The van der Waals surface area contributed by atoms with Crippen molar-refractivity contribution < 1.29 is 15.0 Å². The summed E-state index contributed by atoms with van der Waals surface area (Å²) in [5.74, 6) is 6.79. The van der Waals surface area contributed by atoms with Gasteiger partial charge in [-0.15, -0.1) is 0 Å². The highest BCUT2D eigenvalue weighted by molar-refractivity contribution is 5.99. The fourth-order valence-electron chi connectivity index (χ4n) is 3.45. The molecule has 1 fully saturated rings. The van der Waals surface area contributed by atoms with Gasteiger partial charge < -0.3 is 19.7 Å². The van der Waals surface area contributed by atoms with Gasteiger partial charge in [-0.25, -0.2) is 4.98 Å². The summed E-state index contributed by atoms with van der Waals surface area (Å²) >= 11 is 0. The number of imidazole rings is 1. The summed E-state index contributed by atoms with van der Waals surface area (Å²) in [6, 6.07) is 15.4. The number of aliphatic hydroxyl groups is 2.